The van der Waals surface area contributed by atoms with Gasteiger partial charge in [-0.05, 0) is 19.9 Å². The number of nitrogens with zero attached hydrogens (tertiary/aromatic N) is 3. The SMILES string of the molecule is CCCN1CCOC(c2nc(C)c3c(n2)CCNC3)C1. The van der Waals surface area contributed by atoms with E-state index in [9.17, 15) is 0 Å². The van der Waals surface area contributed by atoms with E-state index in [1.807, 2.05) is 0 Å². The number of hydrogen-bond donors (Lipinski definition) is 1. The van der Waals surface area contributed by atoms with Crippen LogP contribution >= 0.6 is 0 Å². The largest absolute Gasteiger partial charge is 0.368 e. The van der Waals surface area contributed by atoms with Crippen LogP contribution in [0.1, 0.15) is 42.2 Å². The van der Waals surface area contributed by atoms with Crippen LogP contribution in [0.15, 0.2) is 0 Å². The maximum atomic E-state index is 5.90. The van der Waals surface area contributed by atoms with Crippen molar-refractivity contribution in [1.82, 2.24) is 20.2 Å². The van der Waals surface area contributed by atoms with Gasteiger partial charge in [0, 0.05) is 43.9 Å². The van der Waals surface area contributed by atoms with Crippen LogP contribution in [0.4, 0.5) is 0 Å². The van der Waals surface area contributed by atoms with Gasteiger partial charge in [0.1, 0.15) is 6.10 Å². The molecule has 0 aromatic carbocycles. The molecule has 5 nitrogen and oxygen atoms in total. The number of aromatic nitrogens is 2. The van der Waals surface area contributed by atoms with Gasteiger partial charge >= 0.3 is 0 Å². The van der Waals surface area contributed by atoms with Crippen molar-refractivity contribution in [2.24, 2.45) is 0 Å². The summed E-state index contributed by atoms with van der Waals surface area (Å²) in [5.74, 6) is 0.879. The fourth-order valence-electron chi connectivity index (χ4n) is 3.06. The van der Waals surface area contributed by atoms with Crippen molar-refractivity contribution in [1.29, 1.82) is 0 Å². The molecule has 0 radical (unpaired) electrons. The van der Waals surface area contributed by atoms with Gasteiger partial charge in [-0.25, -0.2) is 9.97 Å². The molecule has 1 aromatic heterocycles. The van der Waals surface area contributed by atoms with E-state index in [1.165, 1.54) is 17.7 Å². The Morgan fingerprint density at radius 1 is 1.40 bits per heavy atom. The van der Waals surface area contributed by atoms with E-state index in [-0.39, 0.29) is 6.10 Å². The molecular formula is C15H24N4O. The van der Waals surface area contributed by atoms with E-state index in [1.54, 1.807) is 0 Å². The Bertz CT molecular complexity index is 475. The molecule has 3 rings (SSSR count). The van der Waals surface area contributed by atoms with E-state index in [2.05, 4.69) is 24.1 Å². The zero-order chi connectivity index (χ0) is 13.9. The fraction of sp³-hybridized carbons (Fsp3) is 0.733. The van der Waals surface area contributed by atoms with Crippen molar-refractivity contribution in [3.63, 3.8) is 0 Å². The van der Waals surface area contributed by atoms with Gasteiger partial charge in [0.05, 0.1) is 12.3 Å². The number of nitrogens with one attached hydrogen (secondary N) is 1. The second-order valence-electron chi connectivity index (χ2n) is 5.68. The van der Waals surface area contributed by atoms with Crippen LogP contribution in [0.2, 0.25) is 0 Å². The van der Waals surface area contributed by atoms with Gasteiger partial charge in [0.2, 0.25) is 0 Å². The minimum Gasteiger partial charge on any atom is -0.368 e. The lowest BCUT2D eigenvalue weighted by Crippen LogP contribution is -2.39. The maximum absolute atomic E-state index is 5.90. The topological polar surface area (TPSA) is 50.3 Å². The predicted octanol–water partition coefficient (Wildman–Crippen LogP) is 1.21. The highest BCUT2D eigenvalue weighted by atomic mass is 16.5. The molecular weight excluding hydrogens is 252 g/mol. The van der Waals surface area contributed by atoms with E-state index in [4.69, 9.17) is 14.7 Å². The van der Waals surface area contributed by atoms with Crippen LogP contribution in [0.5, 0.6) is 0 Å². The molecule has 1 unspecified atom stereocenters. The lowest BCUT2D eigenvalue weighted by molar-refractivity contribution is -0.0344. The van der Waals surface area contributed by atoms with Crippen LogP contribution in [-0.2, 0) is 17.7 Å². The highest BCUT2D eigenvalue weighted by Gasteiger charge is 2.25. The maximum Gasteiger partial charge on any atom is 0.158 e. The highest BCUT2D eigenvalue weighted by Crippen LogP contribution is 2.23. The average molecular weight is 276 g/mol. The normalized spacial score (nSPS) is 23.6. The number of morpholine rings is 1. The molecule has 20 heavy (non-hydrogen) atoms. The van der Waals surface area contributed by atoms with Crippen molar-refractivity contribution in [3.8, 4) is 0 Å². The Hall–Kier alpha value is -1.04. The third-order valence-electron chi connectivity index (χ3n) is 4.14. The van der Waals surface area contributed by atoms with Gasteiger partial charge in [-0.2, -0.15) is 0 Å². The Morgan fingerprint density at radius 3 is 3.15 bits per heavy atom. The first-order valence-electron chi connectivity index (χ1n) is 7.69. The Morgan fingerprint density at radius 2 is 2.30 bits per heavy atom. The molecule has 5 heteroatoms. The smallest absolute Gasteiger partial charge is 0.158 e. The number of aryl methyl sites for hydroxylation is 1. The number of ether oxygens (including phenoxy) is 1. The summed E-state index contributed by atoms with van der Waals surface area (Å²) in [6.07, 6.45) is 2.22. The van der Waals surface area contributed by atoms with Crippen molar-refractivity contribution >= 4 is 0 Å². The molecule has 0 bridgehead atoms. The first-order chi connectivity index (χ1) is 9.78. The molecule has 0 amide bonds. The highest BCUT2D eigenvalue weighted by molar-refractivity contribution is 5.27. The number of hydrogen-bond acceptors (Lipinski definition) is 5. The summed E-state index contributed by atoms with van der Waals surface area (Å²) in [5, 5.41) is 3.39. The van der Waals surface area contributed by atoms with Crippen LogP contribution in [-0.4, -0.2) is 47.7 Å². The molecule has 0 spiro atoms. The molecule has 110 valence electrons. The third kappa shape index (κ3) is 2.85. The zero-order valence-electron chi connectivity index (χ0n) is 12.5. The monoisotopic (exact) mass is 276 g/mol. The molecule has 1 aromatic rings. The molecule has 3 heterocycles. The lowest BCUT2D eigenvalue weighted by Gasteiger charge is -2.32. The van der Waals surface area contributed by atoms with E-state index in [0.29, 0.717) is 0 Å². The molecule has 1 N–H and O–H groups in total. The quantitative estimate of drug-likeness (QED) is 0.899. The Kier molecular flexibility index (Phi) is 4.29. The second-order valence-corrected chi connectivity index (χ2v) is 5.68. The molecule has 1 atom stereocenters. The Balaban J connectivity index is 1.81. The summed E-state index contributed by atoms with van der Waals surface area (Å²) in [6, 6.07) is 0. The van der Waals surface area contributed by atoms with E-state index in [0.717, 1.165) is 57.3 Å². The minimum absolute atomic E-state index is 0.0363. The third-order valence-corrected chi connectivity index (χ3v) is 4.14. The van der Waals surface area contributed by atoms with Gasteiger partial charge in [-0.15, -0.1) is 0 Å². The molecule has 1 fully saturated rings. The standard InChI is InChI=1S/C15H24N4O/c1-3-6-19-7-8-20-14(10-19)15-17-11(2)12-9-16-5-4-13(12)18-15/h14,16H,3-10H2,1-2H3. The first kappa shape index (κ1) is 13.9. The number of fused-ring (bicyclic) bond motifs is 1. The van der Waals surface area contributed by atoms with Gasteiger partial charge in [-0.3, -0.25) is 4.90 Å². The van der Waals surface area contributed by atoms with Gasteiger partial charge < -0.3 is 10.1 Å². The van der Waals surface area contributed by atoms with Crippen LogP contribution < -0.4 is 5.32 Å². The van der Waals surface area contributed by atoms with Crippen LogP contribution in [0.25, 0.3) is 0 Å². The molecule has 2 aliphatic rings. The summed E-state index contributed by atoms with van der Waals surface area (Å²) in [4.78, 5) is 11.9. The molecule has 0 aliphatic carbocycles. The molecule has 1 saturated heterocycles. The van der Waals surface area contributed by atoms with Gasteiger partial charge in [0.25, 0.3) is 0 Å². The summed E-state index contributed by atoms with van der Waals surface area (Å²) in [5.41, 5.74) is 3.59. The number of rotatable bonds is 3. The predicted molar refractivity (Wildman–Crippen MR) is 77.6 cm³/mol. The Labute approximate surface area is 120 Å². The minimum atomic E-state index is 0.0363. The average Bonchev–Trinajstić information content (AvgIpc) is 2.48. The summed E-state index contributed by atoms with van der Waals surface area (Å²) < 4.78 is 5.90. The summed E-state index contributed by atoms with van der Waals surface area (Å²) >= 11 is 0. The lowest BCUT2D eigenvalue weighted by atomic mass is 10.1. The summed E-state index contributed by atoms with van der Waals surface area (Å²) in [7, 11) is 0. The summed E-state index contributed by atoms with van der Waals surface area (Å²) in [6.45, 7) is 10.1. The van der Waals surface area contributed by atoms with Crippen molar-refractivity contribution in [2.75, 3.05) is 32.8 Å². The van der Waals surface area contributed by atoms with Crippen molar-refractivity contribution in [2.45, 2.75) is 39.3 Å². The fourth-order valence-corrected chi connectivity index (χ4v) is 3.06. The van der Waals surface area contributed by atoms with Crippen molar-refractivity contribution < 1.29 is 4.74 Å². The molecule has 2 aliphatic heterocycles. The van der Waals surface area contributed by atoms with E-state index < -0.39 is 0 Å². The van der Waals surface area contributed by atoms with E-state index >= 15 is 0 Å². The first-order valence-corrected chi connectivity index (χ1v) is 7.69. The van der Waals surface area contributed by atoms with Crippen molar-refractivity contribution in [3.05, 3.63) is 22.8 Å². The molecule has 0 saturated carbocycles. The van der Waals surface area contributed by atoms with Gasteiger partial charge in [-0.1, -0.05) is 6.92 Å². The second kappa shape index (κ2) is 6.16. The van der Waals surface area contributed by atoms with Crippen LogP contribution in [0.3, 0.4) is 0 Å². The van der Waals surface area contributed by atoms with Crippen LogP contribution in [0, 0.1) is 6.92 Å². The zero-order valence-corrected chi connectivity index (χ0v) is 12.5. The van der Waals surface area contributed by atoms with Gasteiger partial charge in [0.15, 0.2) is 5.82 Å².